The second kappa shape index (κ2) is 5.42. The Kier molecular flexibility index (Phi) is 3.78. The van der Waals surface area contributed by atoms with Gasteiger partial charge in [-0.3, -0.25) is 0 Å². The first-order valence-electron chi connectivity index (χ1n) is 7.47. The van der Waals surface area contributed by atoms with Crippen LogP contribution in [0.5, 0.6) is 0 Å². The molecule has 1 fully saturated rings. The van der Waals surface area contributed by atoms with Crippen molar-refractivity contribution in [1.29, 1.82) is 0 Å². The van der Waals surface area contributed by atoms with E-state index in [2.05, 4.69) is 56.3 Å². The van der Waals surface area contributed by atoms with Crippen molar-refractivity contribution < 1.29 is 0 Å². The Labute approximate surface area is 125 Å². The minimum atomic E-state index is 0.271. The Morgan fingerprint density at radius 1 is 1.10 bits per heavy atom. The average Bonchev–Trinajstić information content (AvgIpc) is 2.44. The first kappa shape index (κ1) is 14.0. The maximum absolute atomic E-state index is 6.50. The van der Waals surface area contributed by atoms with Crippen LogP contribution < -0.4 is 5.73 Å². The summed E-state index contributed by atoms with van der Waals surface area (Å²) in [6.07, 6.45) is 3.79. The van der Waals surface area contributed by atoms with Gasteiger partial charge in [0.1, 0.15) is 0 Å². The van der Waals surface area contributed by atoms with Crippen molar-refractivity contribution in [2.75, 3.05) is 0 Å². The maximum Gasteiger partial charge on any atom is 0.0251 e. The van der Waals surface area contributed by atoms with Crippen molar-refractivity contribution in [3.05, 3.63) is 42.5 Å². The van der Waals surface area contributed by atoms with Gasteiger partial charge in [0.05, 0.1) is 0 Å². The Hall–Kier alpha value is -0.990. The molecule has 2 aromatic carbocycles. The minimum absolute atomic E-state index is 0.271. The molecule has 20 heavy (non-hydrogen) atoms. The number of benzene rings is 2. The first-order chi connectivity index (χ1) is 9.56. The van der Waals surface area contributed by atoms with Gasteiger partial charge in [-0.15, -0.1) is 11.8 Å². The number of hydrogen-bond acceptors (Lipinski definition) is 2. The molecule has 2 aromatic rings. The van der Waals surface area contributed by atoms with E-state index in [1.807, 2.05) is 11.8 Å². The van der Waals surface area contributed by atoms with Crippen LogP contribution in [0, 0.1) is 5.41 Å². The van der Waals surface area contributed by atoms with Crippen LogP contribution in [0.25, 0.3) is 10.8 Å². The lowest BCUT2D eigenvalue weighted by Gasteiger charge is -2.41. The van der Waals surface area contributed by atoms with Gasteiger partial charge in [-0.25, -0.2) is 0 Å². The smallest absolute Gasteiger partial charge is 0.0251 e. The lowest BCUT2D eigenvalue weighted by atomic mass is 9.73. The summed E-state index contributed by atoms with van der Waals surface area (Å²) in [6.45, 7) is 4.62. The summed E-state index contributed by atoms with van der Waals surface area (Å²) >= 11 is 1.96. The Morgan fingerprint density at radius 2 is 1.85 bits per heavy atom. The average molecular weight is 285 g/mol. The highest BCUT2D eigenvalue weighted by atomic mass is 32.2. The number of thioether (sulfide) groups is 1. The van der Waals surface area contributed by atoms with Gasteiger partial charge < -0.3 is 5.73 Å². The molecule has 0 saturated heterocycles. The Morgan fingerprint density at radius 3 is 2.65 bits per heavy atom. The molecule has 2 atom stereocenters. The summed E-state index contributed by atoms with van der Waals surface area (Å²) in [5.41, 5.74) is 6.77. The van der Waals surface area contributed by atoms with Crippen LogP contribution in [0.15, 0.2) is 47.4 Å². The first-order valence-corrected chi connectivity index (χ1v) is 8.35. The molecule has 2 heteroatoms. The van der Waals surface area contributed by atoms with Crippen LogP contribution in [0.3, 0.4) is 0 Å². The van der Waals surface area contributed by atoms with E-state index in [-0.39, 0.29) is 11.5 Å². The van der Waals surface area contributed by atoms with Gasteiger partial charge >= 0.3 is 0 Å². The van der Waals surface area contributed by atoms with Gasteiger partial charge in [0, 0.05) is 16.2 Å². The van der Waals surface area contributed by atoms with Crippen molar-refractivity contribution in [2.24, 2.45) is 11.1 Å². The highest BCUT2D eigenvalue weighted by Crippen LogP contribution is 2.42. The van der Waals surface area contributed by atoms with Crippen molar-refractivity contribution >= 4 is 22.5 Å². The number of fused-ring (bicyclic) bond motifs is 1. The fourth-order valence-corrected chi connectivity index (χ4v) is 4.65. The highest BCUT2D eigenvalue weighted by Gasteiger charge is 2.36. The molecule has 1 aliphatic carbocycles. The molecular formula is C18H23NS. The zero-order valence-electron chi connectivity index (χ0n) is 12.3. The van der Waals surface area contributed by atoms with Crippen molar-refractivity contribution in [2.45, 2.75) is 49.3 Å². The summed E-state index contributed by atoms with van der Waals surface area (Å²) in [6, 6.07) is 15.6. The molecule has 1 aliphatic rings. The fraction of sp³-hybridized carbons (Fsp3) is 0.444. The molecule has 0 bridgehead atoms. The number of hydrogen-bond donors (Lipinski definition) is 1. The molecular weight excluding hydrogens is 262 g/mol. The molecule has 0 aliphatic heterocycles. The van der Waals surface area contributed by atoms with E-state index in [0.717, 1.165) is 0 Å². The third-order valence-corrected chi connectivity index (χ3v) is 5.98. The van der Waals surface area contributed by atoms with Crippen LogP contribution in [0.4, 0.5) is 0 Å². The van der Waals surface area contributed by atoms with Crippen LogP contribution in [-0.4, -0.2) is 11.3 Å². The molecule has 3 rings (SSSR count). The van der Waals surface area contributed by atoms with E-state index in [1.54, 1.807) is 0 Å². The van der Waals surface area contributed by atoms with E-state index in [1.165, 1.54) is 34.9 Å². The summed E-state index contributed by atoms with van der Waals surface area (Å²) in [7, 11) is 0. The van der Waals surface area contributed by atoms with Gasteiger partial charge in [0.25, 0.3) is 0 Å². The minimum Gasteiger partial charge on any atom is -0.326 e. The molecule has 1 nitrogen and oxygen atoms in total. The van der Waals surface area contributed by atoms with Crippen molar-refractivity contribution in [3.8, 4) is 0 Å². The zero-order chi connectivity index (χ0) is 14.2. The quantitative estimate of drug-likeness (QED) is 0.854. The zero-order valence-corrected chi connectivity index (χ0v) is 13.1. The predicted octanol–water partition coefficient (Wildman–Crippen LogP) is 4.84. The summed E-state index contributed by atoms with van der Waals surface area (Å²) in [5.74, 6) is 0. The SMILES string of the molecule is CC1(C)CCCC(Sc2ccc3ccccc3c2)C1N. The summed E-state index contributed by atoms with van der Waals surface area (Å²) in [4.78, 5) is 1.35. The predicted molar refractivity (Wildman–Crippen MR) is 89.2 cm³/mol. The van der Waals surface area contributed by atoms with E-state index in [9.17, 15) is 0 Å². The normalized spacial score (nSPS) is 25.8. The molecule has 0 aromatic heterocycles. The largest absolute Gasteiger partial charge is 0.326 e. The molecule has 0 heterocycles. The number of rotatable bonds is 2. The van der Waals surface area contributed by atoms with E-state index in [0.29, 0.717) is 5.25 Å². The van der Waals surface area contributed by atoms with Gasteiger partial charge in [0.2, 0.25) is 0 Å². The Balaban J connectivity index is 1.82. The second-order valence-corrected chi connectivity index (χ2v) is 7.88. The molecule has 2 N–H and O–H groups in total. The van der Waals surface area contributed by atoms with Crippen LogP contribution >= 0.6 is 11.8 Å². The summed E-state index contributed by atoms with van der Waals surface area (Å²) in [5, 5.41) is 3.17. The summed E-state index contributed by atoms with van der Waals surface area (Å²) < 4.78 is 0. The molecule has 2 unspecified atom stereocenters. The van der Waals surface area contributed by atoms with Gasteiger partial charge in [-0.2, -0.15) is 0 Å². The standard InChI is InChI=1S/C18H23NS/c1-18(2)11-5-8-16(17(18)19)20-15-10-9-13-6-3-4-7-14(13)12-15/h3-4,6-7,9-10,12,16-17H,5,8,11,19H2,1-2H3. The molecule has 0 spiro atoms. The molecule has 106 valence electrons. The van der Waals surface area contributed by atoms with Gasteiger partial charge in [0.15, 0.2) is 0 Å². The maximum atomic E-state index is 6.50. The lowest BCUT2D eigenvalue weighted by Crippen LogP contribution is -2.48. The molecule has 0 amide bonds. The number of nitrogens with two attached hydrogens (primary N) is 1. The van der Waals surface area contributed by atoms with E-state index in [4.69, 9.17) is 5.73 Å². The topological polar surface area (TPSA) is 26.0 Å². The van der Waals surface area contributed by atoms with Crippen LogP contribution in [0.1, 0.15) is 33.1 Å². The second-order valence-electron chi connectivity index (χ2n) is 6.57. The third-order valence-electron chi connectivity index (χ3n) is 4.62. The Bertz CT molecular complexity index is 605. The van der Waals surface area contributed by atoms with Crippen molar-refractivity contribution in [1.82, 2.24) is 0 Å². The molecule has 1 saturated carbocycles. The van der Waals surface area contributed by atoms with Gasteiger partial charge in [-0.1, -0.05) is 50.6 Å². The van der Waals surface area contributed by atoms with E-state index >= 15 is 0 Å². The van der Waals surface area contributed by atoms with Gasteiger partial charge in [-0.05, 0) is 41.2 Å². The fourth-order valence-electron chi connectivity index (χ4n) is 3.16. The van der Waals surface area contributed by atoms with Crippen LogP contribution in [0.2, 0.25) is 0 Å². The highest BCUT2D eigenvalue weighted by molar-refractivity contribution is 8.00. The van der Waals surface area contributed by atoms with Crippen molar-refractivity contribution in [3.63, 3.8) is 0 Å². The van der Waals surface area contributed by atoms with Crippen LogP contribution in [-0.2, 0) is 0 Å². The van der Waals surface area contributed by atoms with E-state index < -0.39 is 0 Å². The third kappa shape index (κ3) is 2.72. The monoisotopic (exact) mass is 285 g/mol. The molecule has 0 radical (unpaired) electrons. The lowest BCUT2D eigenvalue weighted by molar-refractivity contribution is 0.208.